The molecule has 15 heavy (non-hydrogen) atoms. The van der Waals surface area contributed by atoms with Crippen LogP contribution in [0.15, 0.2) is 24.3 Å². The van der Waals surface area contributed by atoms with Gasteiger partial charge in [-0.05, 0) is 13.0 Å². The first-order valence-corrected chi connectivity index (χ1v) is 4.41. The van der Waals surface area contributed by atoms with Gasteiger partial charge in [-0.25, -0.2) is 9.18 Å². The molecular formula is C10H12FNO3. The first-order valence-electron chi connectivity index (χ1n) is 4.41. The lowest BCUT2D eigenvalue weighted by molar-refractivity contribution is 0.0140. The van der Waals surface area contributed by atoms with Crippen LogP contribution in [-0.4, -0.2) is 17.3 Å². The third kappa shape index (κ3) is 2.92. The minimum absolute atomic E-state index is 0.0752. The molecule has 0 saturated carbocycles. The highest BCUT2D eigenvalue weighted by atomic mass is 19.1. The van der Waals surface area contributed by atoms with E-state index in [0.717, 1.165) is 0 Å². The summed E-state index contributed by atoms with van der Waals surface area (Å²) in [5, 5.41) is 9.65. The number of hydrogen-bond donors (Lipinski definition) is 2. The van der Waals surface area contributed by atoms with Gasteiger partial charge in [-0.2, -0.15) is 0 Å². The lowest BCUT2D eigenvalue weighted by Crippen LogP contribution is -2.26. The van der Waals surface area contributed by atoms with E-state index in [-0.39, 0.29) is 5.56 Å². The number of nitrogens with two attached hydrogens (primary N) is 1. The summed E-state index contributed by atoms with van der Waals surface area (Å²) in [6, 6.07) is 5.72. The molecule has 0 aliphatic rings. The van der Waals surface area contributed by atoms with Crippen molar-refractivity contribution in [3.8, 4) is 0 Å². The number of ether oxygens (including phenoxy) is 1. The van der Waals surface area contributed by atoms with Crippen LogP contribution in [-0.2, 0) is 4.74 Å². The first-order chi connectivity index (χ1) is 7.02. The molecule has 0 aliphatic carbocycles. The number of rotatable bonds is 3. The average Bonchev–Trinajstić information content (AvgIpc) is 2.16. The predicted octanol–water partition coefficient (Wildman–Crippen LogP) is 1.34. The van der Waals surface area contributed by atoms with Crippen LogP contribution in [0.5, 0.6) is 0 Å². The molecule has 1 amide bonds. The maximum atomic E-state index is 13.2. The minimum atomic E-state index is -1.22. The number of aliphatic hydroxyl groups is 1. The van der Waals surface area contributed by atoms with E-state index in [4.69, 9.17) is 5.73 Å². The fraction of sp³-hybridized carbons (Fsp3) is 0.300. The number of amides is 1. The van der Waals surface area contributed by atoms with E-state index in [1.54, 1.807) is 6.07 Å². The minimum Gasteiger partial charge on any atom is -0.444 e. The van der Waals surface area contributed by atoms with Crippen LogP contribution in [0.1, 0.15) is 18.6 Å². The maximum Gasteiger partial charge on any atom is 0.404 e. The van der Waals surface area contributed by atoms with Gasteiger partial charge in [0.15, 0.2) is 0 Å². The van der Waals surface area contributed by atoms with Gasteiger partial charge in [-0.15, -0.1) is 0 Å². The van der Waals surface area contributed by atoms with Crippen molar-refractivity contribution in [3.63, 3.8) is 0 Å². The number of benzene rings is 1. The third-order valence-corrected chi connectivity index (χ3v) is 1.97. The highest BCUT2D eigenvalue weighted by Crippen LogP contribution is 2.21. The molecule has 3 N–H and O–H groups in total. The molecule has 1 aromatic rings. The van der Waals surface area contributed by atoms with E-state index < -0.39 is 24.1 Å². The highest BCUT2D eigenvalue weighted by Gasteiger charge is 2.21. The zero-order valence-electron chi connectivity index (χ0n) is 8.18. The molecule has 0 bridgehead atoms. The molecule has 0 aromatic heterocycles. The number of primary amides is 1. The summed E-state index contributed by atoms with van der Waals surface area (Å²) in [7, 11) is 0. The summed E-state index contributed by atoms with van der Waals surface area (Å²) < 4.78 is 17.7. The molecule has 0 fully saturated rings. The van der Waals surface area contributed by atoms with Gasteiger partial charge < -0.3 is 15.6 Å². The molecule has 0 heterocycles. The van der Waals surface area contributed by atoms with Gasteiger partial charge in [0.25, 0.3) is 0 Å². The summed E-state index contributed by atoms with van der Waals surface area (Å²) in [6.45, 7) is 1.43. The molecule has 5 heteroatoms. The number of hydrogen-bond acceptors (Lipinski definition) is 3. The van der Waals surface area contributed by atoms with Gasteiger partial charge in [0.05, 0.1) is 0 Å². The lowest BCUT2D eigenvalue weighted by atomic mass is 10.1. The number of halogens is 1. The number of carbonyl (C=O) groups is 1. The highest BCUT2D eigenvalue weighted by molar-refractivity contribution is 5.64. The summed E-state index contributed by atoms with van der Waals surface area (Å²) in [5.74, 6) is -0.551. The second-order valence-electron chi connectivity index (χ2n) is 3.11. The Balaban J connectivity index is 2.80. The topological polar surface area (TPSA) is 72.5 Å². The van der Waals surface area contributed by atoms with Gasteiger partial charge in [-0.3, -0.25) is 0 Å². The number of aliphatic hydroxyl groups excluding tert-OH is 1. The van der Waals surface area contributed by atoms with Crippen molar-refractivity contribution in [1.82, 2.24) is 0 Å². The fourth-order valence-corrected chi connectivity index (χ4v) is 1.22. The molecule has 0 saturated heterocycles. The summed E-state index contributed by atoms with van der Waals surface area (Å²) in [6.07, 6.45) is -3.11. The second kappa shape index (κ2) is 4.75. The monoisotopic (exact) mass is 213 g/mol. The second-order valence-corrected chi connectivity index (χ2v) is 3.11. The van der Waals surface area contributed by atoms with E-state index in [1.807, 2.05) is 0 Å². The average molecular weight is 213 g/mol. The van der Waals surface area contributed by atoms with Crippen molar-refractivity contribution in [2.24, 2.45) is 5.73 Å². The maximum absolute atomic E-state index is 13.2. The Bertz CT molecular complexity index is 356. The SMILES string of the molecule is C[C@@H](OC(N)=O)[C@H](O)c1ccccc1F. The van der Waals surface area contributed by atoms with Gasteiger partial charge in [-0.1, -0.05) is 18.2 Å². The Morgan fingerprint density at radius 2 is 2.13 bits per heavy atom. The number of carbonyl (C=O) groups excluding carboxylic acids is 1. The van der Waals surface area contributed by atoms with Crippen molar-refractivity contribution in [1.29, 1.82) is 0 Å². The van der Waals surface area contributed by atoms with Gasteiger partial charge >= 0.3 is 6.09 Å². The van der Waals surface area contributed by atoms with Gasteiger partial charge in [0.2, 0.25) is 0 Å². The van der Waals surface area contributed by atoms with E-state index in [2.05, 4.69) is 4.74 Å². The van der Waals surface area contributed by atoms with Crippen molar-refractivity contribution in [3.05, 3.63) is 35.6 Å². The quantitative estimate of drug-likeness (QED) is 0.795. The molecule has 0 spiro atoms. The normalized spacial score (nSPS) is 14.3. The Hall–Kier alpha value is -1.62. The van der Waals surface area contributed by atoms with Crippen LogP contribution < -0.4 is 5.73 Å². The van der Waals surface area contributed by atoms with Crippen molar-refractivity contribution >= 4 is 6.09 Å². The third-order valence-electron chi connectivity index (χ3n) is 1.97. The summed E-state index contributed by atoms with van der Waals surface area (Å²) in [5.41, 5.74) is 4.86. The Morgan fingerprint density at radius 3 is 2.67 bits per heavy atom. The molecule has 0 unspecified atom stereocenters. The Morgan fingerprint density at radius 1 is 1.53 bits per heavy atom. The zero-order valence-corrected chi connectivity index (χ0v) is 8.18. The van der Waals surface area contributed by atoms with Crippen LogP contribution >= 0.6 is 0 Å². The largest absolute Gasteiger partial charge is 0.444 e. The standard InChI is InChI=1S/C10H12FNO3/c1-6(15-10(12)14)9(13)7-4-2-3-5-8(7)11/h2-6,9,13H,1H3,(H2,12,14)/t6-,9+/m1/s1. The summed E-state index contributed by atoms with van der Waals surface area (Å²) in [4.78, 5) is 10.4. The molecular weight excluding hydrogens is 201 g/mol. The Kier molecular flexibility index (Phi) is 3.62. The molecule has 82 valence electrons. The molecule has 2 atom stereocenters. The Labute approximate surface area is 86.5 Å². The van der Waals surface area contributed by atoms with Gasteiger partial charge in [0.1, 0.15) is 18.0 Å². The van der Waals surface area contributed by atoms with Crippen molar-refractivity contribution in [2.45, 2.75) is 19.1 Å². The van der Waals surface area contributed by atoms with Crippen LogP contribution in [0.4, 0.5) is 9.18 Å². The molecule has 0 aliphatic heterocycles. The smallest absolute Gasteiger partial charge is 0.404 e. The first kappa shape index (κ1) is 11.5. The molecule has 0 radical (unpaired) electrons. The van der Waals surface area contributed by atoms with E-state index in [1.165, 1.54) is 25.1 Å². The van der Waals surface area contributed by atoms with Gasteiger partial charge in [0, 0.05) is 5.56 Å². The molecule has 1 rings (SSSR count). The van der Waals surface area contributed by atoms with Crippen LogP contribution in [0.2, 0.25) is 0 Å². The van der Waals surface area contributed by atoms with E-state index >= 15 is 0 Å². The van der Waals surface area contributed by atoms with Crippen LogP contribution in [0, 0.1) is 5.82 Å². The van der Waals surface area contributed by atoms with E-state index in [9.17, 15) is 14.3 Å². The van der Waals surface area contributed by atoms with Crippen LogP contribution in [0.25, 0.3) is 0 Å². The van der Waals surface area contributed by atoms with Crippen molar-refractivity contribution < 1.29 is 19.0 Å². The van der Waals surface area contributed by atoms with E-state index in [0.29, 0.717) is 0 Å². The van der Waals surface area contributed by atoms with Crippen LogP contribution in [0.3, 0.4) is 0 Å². The lowest BCUT2D eigenvalue weighted by Gasteiger charge is -2.18. The fourth-order valence-electron chi connectivity index (χ4n) is 1.22. The molecule has 1 aromatic carbocycles. The van der Waals surface area contributed by atoms with Crippen molar-refractivity contribution in [2.75, 3.05) is 0 Å². The zero-order chi connectivity index (χ0) is 11.4. The summed E-state index contributed by atoms with van der Waals surface area (Å²) >= 11 is 0. The molecule has 4 nitrogen and oxygen atoms in total. The predicted molar refractivity (Wildman–Crippen MR) is 51.5 cm³/mol.